The Balaban J connectivity index is 1.81. The van der Waals surface area contributed by atoms with E-state index in [-0.39, 0.29) is 17.4 Å². The van der Waals surface area contributed by atoms with Crippen molar-refractivity contribution in [3.8, 4) is 11.1 Å². The van der Waals surface area contributed by atoms with Gasteiger partial charge in [-0.3, -0.25) is 9.78 Å². The van der Waals surface area contributed by atoms with E-state index in [1.807, 2.05) is 13.0 Å². The van der Waals surface area contributed by atoms with Gasteiger partial charge in [0.05, 0.1) is 11.8 Å². The number of hydrogen-bond donors (Lipinski definition) is 1. The van der Waals surface area contributed by atoms with Crippen LogP contribution in [0, 0.1) is 20.8 Å². The molecule has 0 bridgehead atoms. The van der Waals surface area contributed by atoms with E-state index in [2.05, 4.69) is 36.3 Å². The van der Waals surface area contributed by atoms with Gasteiger partial charge in [0, 0.05) is 17.2 Å². The lowest BCUT2D eigenvalue weighted by molar-refractivity contribution is 0.0942. The van der Waals surface area contributed by atoms with E-state index in [4.69, 9.17) is 0 Å². The Labute approximate surface area is 147 Å². The highest BCUT2D eigenvalue weighted by Crippen LogP contribution is 2.25. The lowest BCUT2D eigenvalue weighted by Crippen LogP contribution is -2.35. The Kier molecular flexibility index (Phi) is 4.47. The number of nitrogens with zero attached hydrogens (tertiary/aromatic N) is 1. The number of carbonyl (C=O) groups excluding carboxylic acids is 1. The second-order valence-corrected chi connectivity index (χ2v) is 8.35. The highest BCUT2D eigenvalue weighted by molar-refractivity contribution is 7.94. The predicted molar refractivity (Wildman–Crippen MR) is 98.1 cm³/mol. The lowest BCUT2D eigenvalue weighted by atomic mass is 9.98. The van der Waals surface area contributed by atoms with Crippen LogP contribution in [0.2, 0.25) is 0 Å². The minimum absolute atomic E-state index is 0.0988. The molecule has 0 saturated carbocycles. The molecule has 1 aromatic heterocycles. The Hall–Kier alpha value is -2.47. The number of nitrogens with one attached hydrogen (secondary N) is 1. The molecule has 1 atom stereocenters. The summed E-state index contributed by atoms with van der Waals surface area (Å²) in [7, 11) is -3.20. The average molecular weight is 356 g/mol. The van der Waals surface area contributed by atoms with E-state index in [0.29, 0.717) is 0 Å². The van der Waals surface area contributed by atoms with Gasteiger partial charge in [0.1, 0.15) is 5.69 Å². The van der Waals surface area contributed by atoms with Crippen molar-refractivity contribution in [2.24, 2.45) is 0 Å². The highest BCUT2D eigenvalue weighted by atomic mass is 32.2. The second kappa shape index (κ2) is 6.44. The molecule has 3 rings (SSSR count). The van der Waals surface area contributed by atoms with Crippen molar-refractivity contribution in [2.75, 3.05) is 5.75 Å². The summed E-state index contributed by atoms with van der Waals surface area (Å²) in [6.07, 6.45) is 3.18. The average Bonchev–Trinajstić information content (AvgIpc) is 2.88. The molecule has 1 aliphatic rings. The van der Waals surface area contributed by atoms with Crippen LogP contribution < -0.4 is 5.32 Å². The maximum Gasteiger partial charge on any atom is 0.270 e. The van der Waals surface area contributed by atoms with Crippen molar-refractivity contribution in [1.82, 2.24) is 10.3 Å². The van der Waals surface area contributed by atoms with E-state index >= 15 is 0 Å². The number of aryl methyl sites for hydroxylation is 3. The van der Waals surface area contributed by atoms with E-state index in [1.165, 1.54) is 17.2 Å². The maximum absolute atomic E-state index is 12.3. The number of pyridine rings is 1. The fourth-order valence-electron chi connectivity index (χ4n) is 2.80. The van der Waals surface area contributed by atoms with Crippen LogP contribution in [0.4, 0.5) is 0 Å². The summed E-state index contributed by atoms with van der Waals surface area (Å²) in [5.41, 5.74) is 5.69. The van der Waals surface area contributed by atoms with Gasteiger partial charge in [-0.1, -0.05) is 18.2 Å². The molecule has 1 aliphatic heterocycles. The fraction of sp³-hybridized carbons (Fsp3) is 0.263. The first-order chi connectivity index (χ1) is 11.7. The maximum atomic E-state index is 12.3. The first-order valence-corrected chi connectivity index (χ1v) is 9.73. The van der Waals surface area contributed by atoms with Crippen molar-refractivity contribution in [3.63, 3.8) is 0 Å². The quantitative estimate of drug-likeness (QED) is 0.917. The van der Waals surface area contributed by atoms with Gasteiger partial charge >= 0.3 is 0 Å². The zero-order valence-corrected chi connectivity index (χ0v) is 15.2. The summed E-state index contributed by atoms with van der Waals surface area (Å²) in [6, 6.07) is 7.44. The van der Waals surface area contributed by atoms with Crippen LogP contribution in [0.1, 0.15) is 27.2 Å². The van der Waals surface area contributed by atoms with Gasteiger partial charge in [0.25, 0.3) is 5.91 Å². The molecule has 1 N–H and O–H groups in total. The molecule has 5 nitrogen and oxygen atoms in total. The number of hydrogen-bond acceptors (Lipinski definition) is 4. The van der Waals surface area contributed by atoms with E-state index in [0.717, 1.165) is 22.1 Å². The molecule has 0 fully saturated rings. The largest absolute Gasteiger partial charge is 0.343 e. The zero-order valence-electron chi connectivity index (χ0n) is 14.4. The molecule has 1 aromatic carbocycles. The first kappa shape index (κ1) is 17.4. The molecule has 2 heterocycles. The fourth-order valence-corrected chi connectivity index (χ4v) is 4.03. The lowest BCUT2D eigenvalue weighted by Gasteiger charge is -2.12. The molecule has 1 unspecified atom stereocenters. The summed E-state index contributed by atoms with van der Waals surface area (Å²) < 4.78 is 22.8. The van der Waals surface area contributed by atoms with Crippen LogP contribution in [0.3, 0.4) is 0 Å². The van der Waals surface area contributed by atoms with Gasteiger partial charge in [-0.05, 0) is 55.2 Å². The SMILES string of the molecule is Cc1ccc(-c2cnc(C(=O)NC3C=CS(=O)(=O)C3)cc2C)cc1C. The van der Waals surface area contributed by atoms with Gasteiger partial charge < -0.3 is 5.32 Å². The second-order valence-electron chi connectivity index (χ2n) is 6.42. The monoisotopic (exact) mass is 356 g/mol. The van der Waals surface area contributed by atoms with Crippen molar-refractivity contribution in [1.29, 1.82) is 0 Å². The molecule has 1 amide bonds. The normalized spacial score (nSPS) is 18.3. The standard InChI is InChI=1S/C19H20N2O3S/c1-12-4-5-15(8-13(12)2)17-10-20-18(9-14(17)3)19(22)21-16-6-7-25(23,24)11-16/h4-10,16H,11H2,1-3H3,(H,21,22). The molecule has 6 heteroatoms. The summed E-state index contributed by atoms with van der Waals surface area (Å²) in [5.74, 6) is -0.472. The Morgan fingerprint density at radius 3 is 2.48 bits per heavy atom. The van der Waals surface area contributed by atoms with Gasteiger partial charge in [0.15, 0.2) is 9.84 Å². The molecular formula is C19H20N2O3S. The molecule has 0 radical (unpaired) electrons. The van der Waals surface area contributed by atoms with E-state index in [9.17, 15) is 13.2 Å². The molecule has 25 heavy (non-hydrogen) atoms. The summed E-state index contributed by atoms with van der Waals surface area (Å²) in [6.45, 7) is 6.06. The Bertz CT molecular complexity index is 978. The Morgan fingerprint density at radius 1 is 1.12 bits per heavy atom. The van der Waals surface area contributed by atoms with E-state index < -0.39 is 15.9 Å². The van der Waals surface area contributed by atoms with Crippen molar-refractivity contribution in [3.05, 3.63) is 64.3 Å². The third-order valence-corrected chi connectivity index (χ3v) is 5.80. The number of sulfone groups is 1. The van der Waals surface area contributed by atoms with Crippen molar-refractivity contribution >= 4 is 15.7 Å². The highest BCUT2D eigenvalue weighted by Gasteiger charge is 2.24. The van der Waals surface area contributed by atoms with Gasteiger partial charge in [0.2, 0.25) is 0 Å². The molecule has 0 saturated heterocycles. The van der Waals surface area contributed by atoms with Gasteiger partial charge in [-0.25, -0.2) is 8.42 Å². The molecule has 2 aromatic rings. The first-order valence-electron chi connectivity index (χ1n) is 8.01. The number of rotatable bonds is 3. The number of aromatic nitrogens is 1. The topological polar surface area (TPSA) is 76.1 Å². The van der Waals surface area contributed by atoms with Crippen LogP contribution >= 0.6 is 0 Å². The minimum atomic E-state index is -3.20. The van der Waals surface area contributed by atoms with Crippen LogP contribution in [0.25, 0.3) is 11.1 Å². The number of benzene rings is 1. The summed E-state index contributed by atoms with van der Waals surface area (Å²) in [5, 5.41) is 3.82. The zero-order chi connectivity index (χ0) is 18.2. The third kappa shape index (κ3) is 3.79. The van der Waals surface area contributed by atoms with Gasteiger partial charge in [-0.15, -0.1) is 0 Å². The molecular weight excluding hydrogens is 336 g/mol. The smallest absolute Gasteiger partial charge is 0.270 e. The van der Waals surface area contributed by atoms with Crippen LogP contribution in [-0.4, -0.2) is 31.1 Å². The summed E-state index contributed by atoms with van der Waals surface area (Å²) in [4.78, 5) is 16.6. The van der Waals surface area contributed by atoms with Gasteiger partial charge in [-0.2, -0.15) is 0 Å². The van der Waals surface area contributed by atoms with Crippen LogP contribution in [0.15, 0.2) is 41.9 Å². The van der Waals surface area contributed by atoms with Crippen molar-refractivity contribution in [2.45, 2.75) is 26.8 Å². The number of carbonyl (C=O) groups is 1. The third-order valence-electron chi connectivity index (χ3n) is 4.41. The van der Waals surface area contributed by atoms with Crippen LogP contribution in [0.5, 0.6) is 0 Å². The van der Waals surface area contributed by atoms with Crippen LogP contribution in [-0.2, 0) is 9.84 Å². The van der Waals surface area contributed by atoms with E-state index in [1.54, 1.807) is 12.3 Å². The Morgan fingerprint density at radius 2 is 1.88 bits per heavy atom. The molecule has 0 aliphatic carbocycles. The molecule has 130 valence electrons. The minimum Gasteiger partial charge on any atom is -0.343 e. The van der Waals surface area contributed by atoms with Crippen molar-refractivity contribution < 1.29 is 13.2 Å². The number of amides is 1. The summed E-state index contributed by atoms with van der Waals surface area (Å²) >= 11 is 0. The molecule has 0 spiro atoms. The predicted octanol–water partition coefficient (Wildman–Crippen LogP) is 2.71.